The summed E-state index contributed by atoms with van der Waals surface area (Å²) < 4.78 is -0.423. The number of hydrogen-bond acceptors (Lipinski definition) is 0. The minimum atomic E-state index is -0.423. The third-order valence-corrected chi connectivity index (χ3v) is 4.30. The van der Waals surface area contributed by atoms with Crippen LogP contribution in [0.1, 0.15) is 52.4 Å². The summed E-state index contributed by atoms with van der Waals surface area (Å²) in [4.78, 5) is 0. The van der Waals surface area contributed by atoms with Gasteiger partial charge in [0.05, 0.1) is 0 Å². The number of halogens is 2. The maximum Gasteiger partial charge on any atom is 0.118 e. The van der Waals surface area contributed by atoms with E-state index in [4.69, 9.17) is 23.2 Å². The Balaban J connectivity index is 2.53. The largest absolute Gasteiger partial charge is 0.118 e. The fraction of sp³-hybridized carbons (Fsp3) is 1.00. The van der Waals surface area contributed by atoms with Crippen molar-refractivity contribution in [2.45, 2.75) is 56.7 Å². The van der Waals surface area contributed by atoms with Crippen molar-refractivity contribution in [2.75, 3.05) is 0 Å². The fourth-order valence-corrected chi connectivity index (χ4v) is 2.48. The van der Waals surface area contributed by atoms with Crippen LogP contribution in [0.2, 0.25) is 0 Å². The van der Waals surface area contributed by atoms with E-state index in [1.165, 1.54) is 25.7 Å². The summed E-state index contributed by atoms with van der Waals surface area (Å²) in [5.74, 6) is 0. The van der Waals surface area contributed by atoms with Crippen LogP contribution >= 0.6 is 23.2 Å². The lowest BCUT2D eigenvalue weighted by atomic mass is 9.70. The van der Waals surface area contributed by atoms with Crippen molar-refractivity contribution in [1.82, 2.24) is 0 Å². The molecule has 0 unspecified atom stereocenters. The SMILES string of the molecule is CCC1(CC)CCC(Cl)(Cl)CC1. The average molecular weight is 209 g/mol. The lowest BCUT2D eigenvalue weighted by Crippen LogP contribution is -2.31. The highest BCUT2D eigenvalue weighted by atomic mass is 35.5. The van der Waals surface area contributed by atoms with E-state index in [1.54, 1.807) is 0 Å². The molecule has 0 aromatic heterocycles. The van der Waals surface area contributed by atoms with Gasteiger partial charge in [0.25, 0.3) is 0 Å². The first kappa shape index (κ1) is 10.7. The lowest BCUT2D eigenvalue weighted by Gasteiger charge is -2.40. The fourth-order valence-electron chi connectivity index (χ4n) is 2.10. The predicted molar refractivity (Wildman–Crippen MR) is 55.9 cm³/mol. The summed E-state index contributed by atoms with van der Waals surface area (Å²) in [5, 5.41) is 0. The smallest absolute Gasteiger partial charge is 0.102 e. The molecule has 0 aromatic carbocycles. The van der Waals surface area contributed by atoms with Gasteiger partial charge in [-0.3, -0.25) is 0 Å². The molecule has 1 aliphatic carbocycles. The summed E-state index contributed by atoms with van der Waals surface area (Å²) in [5.41, 5.74) is 0.549. The van der Waals surface area contributed by atoms with Crippen molar-refractivity contribution in [2.24, 2.45) is 5.41 Å². The third-order valence-electron chi connectivity index (χ3n) is 3.54. The zero-order chi connectivity index (χ0) is 9.24. The Bertz CT molecular complexity index is 136. The first-order valence-corrected chi connectivity index (χ1v) is 5.67. The molecule has 0 radical (unpaired) electrons. The molecule has 1 fully saturated rings. The number of alkyl halides is 2. The van der Waals surface area contributed by atoms with E-state index in [0.717, 1.165) is 12.8 Å². The highest BCUT2D eigenvalue weighted by molar-refractivity contribution is 6.48. The maximum absolute atomic E-state index is 6.08. The number of hydrogen-bond donors (Lipinski definition) is 0. The summed E-state index contributed by atoms with van der Waals surface area (Å²) in [6.45, 7) is 4.55. The Morgan fingerprint density at radius 3 is 1.67 bits per heavy atom. The molecule has 0 aliphatic heterocycles. The summed E-state index contributed by atoms with van der Waals surface area (Å²) >= 11 is 12.2. The van der Waals surface area contributed by atoms with Crippen LogP contribution in [0.15, 0.2) is 0 Å². The van der Waals surface area contributed by atoms with E-state index in [-0.39, 0.29) is 0 Å². The average Bonchev–Trinajstić information content (AvgIpc) is 2.06. The van der Waals surface area contributed by atoms with Gasteiger partial charge in [-0.15, -0.1) is 23.2 Å². The van der Waals surface area contributed by atoms with E-state index in [9.17, 15) is 0 Å². The molecular formula is C10H18Cl2. The van der Waals surface area contributed by atoms with E-state index >= 15 is 0 Å². The highest BCUT2D eigenvalue weighted by Crippen LogP contribution is 2.49. The van der Waals surface area contributed by atoms with Crippen LogP contribution < -0.4 is 0 Å². The van der Waals surface area contributed by atoms with Crippen molar-refractivity contribution in [1.29, 1.82) is 0 Å². The van der Waals surface area contributed by atoms with Gasteiger partial charge in [-0.2, -0.15) is 0 Å². The van der Waals surface area contributed by atoms with Crippen molar-refractivity contribution in [3.05, 3.63) is 0 Å². The summed E-state index contributed by atoms with van der Waals surface area (Å²) in [7, 11) is 0. The summed E-state index contributed by atoms with van der Waals surface area (Å²) in [6.07, 6.45) is 6.89. The molecular weight excluding hydrogens is 191 g/mol. The standard InChI is InChI=1S/C10H18Cl2/c1-3-9(4-2)5-7-10(11,12)8-6-9/h3-8H2,1-2H3. The molecule has 0 spiro atoms. The van der Waals surface area contributed by atoms with Gasteiger partial charge in [0.15, 0.2) is 0 Å². The van der Waals surface area contributed by atoms with Crippen LogP contribution in [-0.4, -0.2) is 4.33 Å². The van der Waals surface area contributed by atoms with Crippen molar-refractivity contribution in [3.63, 3.8) is 0 Å². The quantitative estimate of drug-likeness (QED) is 0.585. The zero-order valence-corrected chi connectivity index (χ0v) is 9.51. The minimum absolute atomic E-state index is 0.423. The van der Waals surface area contributed by atoms with Gasteiger partial charge < -0.3 is 0 Å². The van der Waals surface area contributed by atoms with E-state index in [2.05, 4.69) is 13.8 Å². The van der Waals surface area contributed by atoms with Gasteiger partial charge in [-0.25, -0.2) is 0 Å². The van der Waals surface area contributed by atoms with E-state index < -0.39 is 4.33 Å². The Kier molecular flexibility index (Phi) is 3.34. The van der Waals surface area contributed by atoms with Gasteiger partial charge in [0, 0.05) is 0 Å². The van der Waals surface area contributed by atoms with Gasteiger partial charge in [-0.1, -0.05) is 26.7 Å². The van der Waals surface area contributed by atoms with Crippen LogP contribution in [0, 0.1) is 5.41 Å². The molecule has 1 rings (SSSR count). The highest BCUT2D eigenvalue weighted by Gasteiger charge is 2.38. The molecule has 1 aliphatic rings. The van der Waals surface area contributed by atoms with Crippen molar-refractivity contribution >= 4 is 23.2 Å². The molecule has 12 heavy (non-hydrogen) atoms. The molecule has 72 valence electrons. The molecule has 0 N–H and O–H groups in total. The normalized spacial score (nSPS) is 27.0. The molecule has 0 saturated heterocycles. The topological polar surface area (TPSA) is 0 Å². The predicted octanol–water partition coefficient (Wildman–Crippen LogP) is 4.54. The van der Waals surface area contributed by atoms with E-state index in [0.29, 0.717) is 5.41 Å². The second-order valence-corrected chi connectivity index (χ2v) is 5.70. The minimum Gasteiger partial charge on any atom is -0.102 e. The van der Waals surface area contributed by atoms with Crippen LogP contribution in [0.5, 0.6) is 0 Å². The van der Waals surface area contributed by atoms with Gasteiger partial charge >= 0.3 is 0 Å². The molecule has 0 nitrogen and oxygen atoms in total. The van der Waals surface area contributed by atoms with Gasteiger partial charge in [0.1, 0.15) is 4.33 Å². The lowest BCUT2D eigenvalue weighted by molar-refractivity contribution is 0.167. The van der Waals surface area contributed by atoms with E-state index in [1.807, 2.05) is 0 Å². The Morgan fingerprint density at radius 1 is 0.917 bits per heavy atom. The van der Waals surface area contributed by atoms with Gasteiger partial charge in [-0.05, 0) is 31.1 Å². The van der Waals surface area contributed by atoms with Crippen LogP contribution in [0.3, 0.4) is 0 Å². The Labute approximate surface area is 85.6 Å². The monoisotopic (exact) mass is 208 g/mol. The molecule has 0 amide bonds. The van der Waals surface area contributed by atoms with Crippen LogP contribution in [0.25, 0.3) is 0 Å². The summed E-state index contributed by atoms with van der Waals surface area (Å²) in [6, 6.07) is 0. The number of rotatable bonds is 2. The van der Waals surface area contributed by atoms with Crippen molar-refractivity contribution < 1.29 is 0 Å². The zero-order valence-electron chi connectivity index (χ0n) is 8.00. The van der Waals surface area contributed by atoms with Crippen LogP contribution in [-0.2, 0) is 0 Å². The molecule has 0 atom stereocenters. The molecule has 0 aromatic rings. The van der Waals surface area contributed by atoms with Crippen molar-refractivity contribution in [3.8, 4) is 0 Å². The second kappa shape index (κ2) is 3.75. The second-order valence-electron chi connectivity index (χ2n) is 4.06. The van der Waals surface area contributed by atoms with Gasteiger partial charge in [0.2, 0.25) is 0 Å². The Hall–Kier alpha value is 0.580. The first-order chi connectivity index (χ1) is 5.54. The molecule has 2 heteroatoms. The Morgan fingerprint density at radius 2 is 1.33 bits per heavy atom. The van der Waals surface area contributed by atoms with Crippen LogP contribution in [0.4, 0.5) is 0 Å². The molecule has 0 bridgehead atoms. The molecule has 0 heterocycles. The first-order valence-electron chi connectivity index (χ1n) is 4.91. The maximum atomic E-state index is 6.08. The third kappa shape index (κ3) is 2.29. The molecule has 1 saturated carbocycles.